The van der Waals surface area contributed by atoms with Crippen LogP contribution in [0.3, 0.4) is 0 Å². The molecule has 0 atom stereocenters. The predicted molar refractivity (Wildman–Crippen MR) is 159 cm³/mol. The molecule has 0 N–H and O–H groups in total. The van der Waals surface area contributed by atoms with Crippen molar-refractivity contribution in [2.24, 2.45) is 0 Å². The number of nitrogens with zero attached hydrogens (tertiary/aromatic N) is 1. The summed E-state index contributed by atoms with van der Waals surface area (Å²) < 4.78 is 0. The van der Waals surface area contributed by atoms with Crippen LogP contribution in [0.1, 0.15) is 0 Å². The van der Waals surface area contributed by atoms with Crippen LogP contribution in [0.5, 0.6) is 0 Å². The molecule has 2 heteroatoms. The van der Waals surface area contributed by atoms with E-state index >= 15 is 0 Å². The summed E-state index contributed by atoms with van der Waals surface area (Å²) >= 11 is 0. The Morgan fingerprint density at radius 2 is 1.05 bits per heavy atom. The first-order valence-corrected chi connectivity index (χ1v) is 13.6. The van der Waals surface area contributed by atoms with Crippen LogP contribution in [0, 0.1) is 0 Å². The maximum atomic E-state index is 4.30. The molecule has 6 aromatic carbocycles. The lowest BCUT2D eigenvalue weighted by Crippen LogP contribution is -2.26. The van der Waals surface area contributed by atoms with Crippen LogP contribution < -0.4 is 10.4 Å². The van der Waals surface area contributed by atoms with Gasteiger partial charge in [0.15, 0.2) is 0 Å². The van der Waals surface area contributed by atoms with E-state index in [2.05, 4.69) is 132 Å². The lowest BCUT2D eigenvalue weighted by molar-refractivity contribution is 1.33. The highest BCUT2D eigenvalue weighted by Crippen LogP contribution is 2.43. The van der Waals surface area contributed by atoms with Gasteiger partial charge in [-0.3, -0.25) is 4.98 Å². The van der Waals surface area contributed by atoms with E-state index in [1.807, 2.05) is 12.4 Å². The van der Waals surface area contributed by atoms with Crippen molar-refractivity contribution >= 4 is 52.2 Å². The van der Waals surface area contributed by atoms with Crippen LogP contribution in [-0.4, -0.2) is 14.5 Å². The standard InChI is InChI=1S/C35H23NSi/c1-2-10-28(11-3-1)37-29-16-17-32-33(23-29)34(25-18-20-36-21-19-25)30-12-6-7-13-31(30)35(32)27-15-14-24-8-4-5-9-26(24)22-27/h1-23H. The van der Waals surface area contributed by atoms with Gasteiger partial charge < -0.3 is 0 Å². The molecule has 0 saturated heterocycles. The van der Waals surface area contributed by atoms with Crippen LogP contribution in [-0.2, 0) is 0 Å². The average Bonchev–Trinajstić information content (AvgIpc) is 2.96. The largest absolute Gasteiger partial charge is 0.265 e. The molecule has 7 aromatic rings. The van der Waals surface area contributed by atoms with Crippen LogP contribution in [0.4, 0.5) is 0 Å². The monoisotopic (exact) mass is 485 g/mol. The fourth-order valence-electron chi connectivity index (χ4n) is 5.43. The van der Waals surface area contributed by atoms with Gasteiger partial charge in [-0.15, -0.1) is 0 Å². The Balaban J connectivity index is 1.57. The number of rotatable bonds is 4. The molecular weight excluding hydrogens is 462 g/mol. The van der Waals surface area contributed by atoms with Gasteiger partial charge in [-0.1, -0.05) is 120 Å². The number of aromatic nitrogens is 1. The van der Waals surface area contributed by atoms with Gasteiger partial charge in [-0.2, -0.15) is 0 Å². The second kappa shape index (κ2) is 9.16. The first-order valence-electron chi connectivity index (χ1n) is 12.6. The molecule has 0 fully saturated rings. The zero-order valence-electron chi connectivity index (χ0n) is 20.2. The summed E-state index contributed by atoms with van der Waals surface area (Å²) in [5.74, 6) is 0. The molecule has 7 rings (SSSR count). The summed E-state index contributed by atoms with van der Waals surface area (Å²) in [4.78, 5) is 4.30. The number of hydrogen-bond acceptors (Lipinski definition) is 1. The van der Waals surface area contributed by atoms with Crippen molar-refractivity contribution < 1.29 is 0 Å². The lowest BCUT2D eigenvalue weighted by atomic mass is 9.86. The second-order valence-electron chi connectivity index (χ2n) is 9.34. The highest BCUT2D eigenvalue weighted by atomic mass is 28.2. The van der Waals surface area contributed by atoms with Crippen molar-refractivity contribution in [3.8, 4) is 22.3 Å². The molecule has 2 radical (unpaired) electrons. The molecule has 172 valence electrons. The van der Waals surface area contributed by atoms with Gasteiger partial charge >= 0.3 is 0 Å². The number of fused-ring (bicyclic) bond motifs is 3. The van der Waals surface area contributed by atoms with Crippen LogP contribution in [0.15, 0.2) is 140 Å². The average molecular weight is 486 g/mol. The van der Waals surface area contributed by atoms with Crippen molar-refractivity contribution in [3.05, 3.63) is 140 Å². The Morgan fingerprint density at radius 1 is 0.405 bits per heavy atom. The summed E-state index contributed by atoms with van der Waals surface area (Å²) in [7, 11) is 0.609. The normalized spacial score (nSPS) is 11.4. The van der Waals surface area contributed by atoms with Gasteiger partial charge in [-0.05, 0) is 72.8 Å². The van der Waals surface area contributed by atoms with Gasteiger partial charge in [-0.25, -0.2) is 0 Å². The first-order chi connectivity index (χ1) is 18.3. The highest BCUT2D eigenvalue weighted by Gasteiger charge is 2.17. The maximum Gasteiger partial charge on any atom is 0.121 e. The third-order valence-electron chi connectivity index (χ3n) is 7.09. The minimum absolute atomic E-state index is 0.609. The van der Waals surface area contributed by atoms with E-state index in [1.54, 1.807) is 0 Å². The molecule has 37 heavy (non-hydrogen) atoms. The molecular formula is C35H23NSi. The summed E-state index contributed by atoms with van der Waals surface area (Å²) in [5, 5.41) is 10.3. The Hall–Kier alpha value is -4.53. The Bertz CT molecular complexity index is 1890. The zero-order chi connectivity index (χ0) is 24.6. The highest BCUT2D eigenvalue weighted by molar-refractivity contribution is 6.67. The topological polar surface area (TPSA) is 12.9 Å². The maximum absolute atomic E-state index is 4.30. The lowest BCUT2D eigenvalue weighted by Gasteiger charge is -2.19. The molecule has 0 aliphatic carbocycles. The van der Waals surface area contributed by atoms with E-state index in [1.165, 1.54) is 64.9 Å². The van der Waals surface area contributed by atoms with Crippen LogP contribution in [0.2, 0.25) is 0 Å². The molecule has 0 bridgehead atoms. The molecule has 0 spiro atoms. The van der Waals surface area contributed by atoms with Crippen molar-refractivity contribution in [1.29, 1.82) is 0 Å². The summed E-state index contributed by atoms with van der Waals surface area (Å²) in [6, 6.07) is 46.4. The molecule has 0 unspecified atom stereocenters. The van der Waals surface area contributed by atoms with Crippen molar-refractivity contribution in [1.82, 2.24) is 4.98 Å². The van der Waals surface area contributed by atoms with Crippen LogP contribution in [0.25, 0.3) is 54.6 Å². The molecule has 0 saturated carbocycles. The summed E-state index contributed by atoms with van der Waals surface area (Å²) in [6.45, 7) is 0. The Morgan fingerprint density at radius 3 is 1.84 bits per heavy atom. The zero-order valence-corrected chi connectivity index (χ0v) is 21.2. The van der Waals surface area contributed by atoms with Gasteiger partial charge in [0.1, 0.15) is 9.52 Å². The SMILES string of the molecule is c1ccc([Si]c2ccc3c(-c4ccc5ccccc5c4)c4ccccc4c(-c4ccncc4)c3c2)cc1. The fourth-order valence-corrected chi connectivity index (χ4v) is 6.51. The quantitative estimate of drug-likeness (QED) is 0.185. The third kappa shape index (κ3) is 3.92. The molecule has 0 amide bonds. The molecule has 0 aliphatic heterocycles. The number of benzene rings is 6. The minimum atomic E-state index is 0.609. The number of pyridine rings is 1. The summed E-state index contributed by atoms with van der Waals surface area (Å²) in [5.41, 5.74) is 5.02. The third-order valence-corrected chi connectivity index (χ3v) is 8.32. The fraction of sp³-hybridized carbons (Fsp3) is 0. The molecule has 1 heterocycles. The van der Waals surface area contributed by atoms with Crippen molar-refractivity contribution in [3.63, 3.8) is 0 Å². The first kappa shape index (κ1) is 21.7. The van der Waals surface area contributed by atoms with Gasteiger partial charge in [0.2, 0.25) is 0 Å². The van der Waals surface area contributed by atoms with E-state index in [4.69, 9.17) is 0 Å². The molecule has 1 nitrogen and oxygen atoms in total. The van der Waals surface area contributed by atoms with Gasteiger partial charge in [0.05, 0.1) is 0 Å². The van der Waals surface area contributed by atoms with E-state index in [9.17, 15) is 0 Å². The van der Waals surface area contributed by atoms with E-state index in [-0.39, 0.29) is 0 Å². The van der Waals surface area contributed by atoms with Crippen molar-refractivity contribution in [2.75, 3.05) is 0 Å². The van der Waals surface area contributed by atoms with E-state index < -0.39 is 0 Å². The van der Waals surface area contributed by atoms with E-state index in [0.717, 1.165) is 0 Å². The predicted octanol–water partition coefficient (Wildman–Crippen LogP) is 7.53. The van der Waals surface area contributed by atoms with Gasteiger partial charge in [0.25, 0.3) is 0 Å². The summed E-state index contributed by atoms with van der Waals surface area (Å²) in [6.07, 6.45) is 3.78. The molecule has 1 aromatic heterocycles. The minimum Gasteiger partial charge on any atom is -0.265 e. The van der Waals surface area contributed by atoms with Crippen molar-refractivity contribution in [2.45, 2.75) is 0 Å². The second-order valence-corrected chi connectivity index (χ2v) is 10.7. The smallest absolute Gasteiger partial charge is 0.121 e. The van der Waals surface area contributed by atoms with Gasteiger partial charge in [0, 0.05) is 12.4 Å². The van der Waals surface area contributed by atoms with Crippen LogP contribution >= 0.6 is 0 Å². The Kier molecular flexibility index (Phi) is 5.38. The van der Waals surface area contributed by atoms with E-state index in [0.29, 0.717) is 9.52 Å². The number of hydrogen-bond donors (Lipinski definition) is 0. The molecule has 0 aliphatic rings. The Labute approximate surface area is 218 Å².